The van der Waals surface area contributed by atoms with Gasteiger partial charge in [-0.2, -0.15) is 23.4 Å². The summed E-state index contributed by atoms with van der Waals surface area (Å²) in [4.78, 5) is 12.4. The minimum atomic E-state index is -4.54. The number of halogens is 5. The van der Waals surface area contributed by atoms with Gasteiger partial charge in [0.1, 0.15) is 5.82 Å². The first kappa shape index (κ1) is 22.8. The van der Waals surface area contributed by atoms with Gasteiger partial charge < -0.3 is 5.32 Å². The summed E-state index contributed by atoms with van der Waals surface area (Å²) in [6, 6.07) is 5.32. The lowest BCUT2D eigenvalue weighted by Gasteiger charge is -2.09. The van der Waals surface area contributed by atoms with Crippen molar-refractivity contribution in [1.82, 2.24) is 19.6 Å². The zero-order valence-corrected chi connectivity index (χ0v) is 17.8. The number of hydrogen-bond acceptors (Lipinski definition) is 3. The van der Waals surface area contributed by atoms with Crippen LogP contribution < -0.4 is 5.32 Å². The van der Waals surface area contributed by atoms with Gasteiger partial charge in [-0.15, -0.1) is 0 Å². The number of alkyl halides is 3. The van der Waals surface area contributed by atoms with Crippen LogP contribution in [0.1, 0.15) is 34.8 Å². The van der Waals surface area contributed by atoms with Gasteiger partial charge in [0.25, 0.3) is 0 Å². The second-order valence-corrected chi connectivity index (χ2v) is 7.50. The molecule has 1 aromatic carbocycles. The first-order chi connectivity index (χ1) is 14.5. The van der Waals surface area contributed by atoms with Gasteiger partial charge in [0.15, 0.2) is 5.69 Å². The van der Waals surface area contributed by atoms with Gasteiger partial charge in [0, 0.05) is 29.2 Å². The Hall–Kier alpha value is -2.88. The van der Waals surface area contributed by atoms with Crippen LogP contribution in [0.15, 0.2) is 24.3 Å². The molecule has 3 rings (SSSR count). The molecule has 11 heteroatoms. The number of anilines is 1. The highest BCUT2D eigenvalue weighted by Gasteiger charge is 2.34. The molecule has 3 aromatic rings. The second kappa shape index (κ2) is 8.70. The summed E-state index contributed by atoms with van der Waals surface area (Å²) < 4.78 is 55.1. The first-order valence-electron chi connectivity index (χ1n) is 9.35. The van der Waals surface area contributed by atoms with E-state index in [1.54, 1.807) is 19.9 Å². The molecule has 0 fully saturated rings. The minimum Gasteiger partial charge on any atom is -0.323 e. The van der Waals surface area contributed by atoms with Gasteiger partial charge in [0.2, 0.25) is 5.91 Å². The number of nitrogens with one attached hydrogen (secondary N) is 1. The normalized spacial score (nSPS) is 11.7. The van der Waals surface area contributed by atoms with E-state index in [2.05, 4.69) is 15.5 Å². The molecule has 0 aliphatic heterocycles. The van der Waals surface area contributed by atoms with Crippen molar-refractivity contribution in [3.05, 3.63) is 63.4 Å². The number of carbonyl (C=O) groups excluding carboxylic acids is 1. The van der Waals surface area contributed by atoms with Gasteiger partial charge in [0.05, 0.1) is 23.6 Å². The van der Waals surface area contributed by atoms with Gasteiger partial charge in [-0.25, -0.2) is 4.39 Å². The number of rotatable bonds is 6. The smallest absolute Gasteiger partial charge is 0.323 e. The van der Waals surface area contributed by atoms with Gasteiger partial charge in [-0.3, -0.25) is 14.2 Å². The van der Waals surface area contributed by atoms with E-state index in [1.165, 1.54) is 23.7 Å². The van der Waals surface area contributed by atoms with Crippen LogP contribution in [0.4, 0.5) is 23.2 Å². The molecule has 0 saturated carbocycles. The lowest BCUT2D eigenvalue weighted by molar-refractivity contribution is -0.141. The molecule has 0 aliphatic rings. The van der Waals surface area contributed by atoms with E-state index in [1.807, 2.05) is 0 Å². The van der Waals surface area contributed by atoms with Crippen LogP contribution >= 0.6 is 11.6 Å². The number of nitrogens with zero attached hydrogens (tertiary/aromatic N) is 4. The predicted molar refractivity (Wildman–Crippen MR) is 107 cm³/mol. The Morgan fingerprint density at radius 1 is 1.16 bits per heavy atom. The maximum Gasteiger partial charge on any atom is 0.435 e. The van der Waals surface area contributed by atoms with E-state index in [0.717, 1.165) is 10.7 Å². The second-order valence-electron chi connectivity index (χ2n) is 7.09. The van der Waals surface area contributed by atoms with Crippen molar-refractivity contribution in [1.29, 1.82) is 0 Å². The van der Waals surface area contributed by atoms with Crippen LogP contribution in [0.25, 0.3) is 0 Å². The molecule has 31 heavy (non-hydrogen) atoms. The molecular formula is C20H20ClF4N5O. The topological polar surface area (TPSA) is 64.7 Å². The molecule has 1 N–H and O–H groups in total. The fourth-order valence-corrected chi connectivity index (χ4v) is 3.37. The SMILES string of the molecule is Cc1nn(Cc2c(F)cccc2Cl)c(C)c1NC(=O)CCn1nc(C(F)(F)F)cc1C. The summed E-state index contributed by atoms with van der Waals surface area (Å²) in [6.45, 7) is 4.98. The lowest BCUT2D eigenvalue weighted by atomic mass is 10.2. The Kier molecular flexibility index (Phi) is 6.40. The van der Waals surface area contributed by atoms with Gasteiger partial charge in [-0.1, -0.05) is 17.7 Å². The van der Waals surface area contributed by atoms with E-state index < -0.39 is 23.6 Å². The Bertz CT molecular complexity index is 1100. The maximum absolute atomic E-state index is 14.1. The molecule has 0 spiro atoms. The summed E-state index contributed by atoms with van der Waals surface area (Å²) >= 11 is 6.08. The number of aryl methyl sites for hydroxylation is 3. The summed E-state index contributed by atoms with van der Waals surface area (Å²) in [5, 5.41) is 10.8. The number of hydrogen-bond donors (Lipinski definition) is 1. The molecule has 0 radical (unpaired) electrons. The van der Waals surface area contributed by atoms with Crippen molar-refractivity contribution in [3.8, 4) is 0 Å². The maximum atomic E-state index is 14.1. The molecule has 0 aliphatic carbocycles. The fraction of sp³-hybridized carbons (Fsp3) is 0.350. The zero-order chi connectivity index (χ0) is 22.9. The summed E-state index contributed by atoms with van der Waals surface area (Å²) in [7, 11) is 0. The Morgan fingerprint density at radius 3 is 2.48 bits per heavy atom. The van der Waals surface area contributed by atoms with Crippen molar-refractivity contribution >= 4 is 23.2 Å². The number of amides is 1. The molecule has 6 nitrogen and oxygen atoms in total. The summed E-state index contributed by atoms with van der Waals surface area (Å²) in [5.41, 5.74) is 1.17. The largest absolute Gasteiger partial charge is 0.435 e. The fourth-order valence-electron chi connectivity index (χ4n) is 3.15. The molecular weight excluding hydrogens is 438 g/mol. The number of carbonyl (C=O) groups is 1. The molecule has 0 unspecified atom stereocenters. The molecule has 1 amide bonds. The van der Waals surface area contributed by atoms with Crippen molar-refractivity contribution in [3.63, 3.8) is 0 Å². The number of benzene rings is 1. The third-order valence-electron chi connectivity index (χ3n) is 4.84. The first-order valence-corrected chi connectivity index (χ1v) is 9.73. The Morgan fingerprint density at radius 2 is 1.87 bits per heavy atom. The van der Waals surface area contributed by atoms with Gasteiger partial charge in [-0.05, 0) is 39.0 Å². The van der Waals surface area contributed by atoms with E-state index in [4.69, 9.17) is 11.6 Å². The van der Waals surface area contributed by atoms with Crippen molar-refractivity contribution in [2.45, 2.75) is 46.5 Å². The minimum absolute atomic E-state index is 0.00911. The van der Waals surface area contributed by atoms with Crippen molar-refractivity contribution in [2.24, 2.45) is 0 Å². The van der Waals surface area contributed by atoms with E-state index in [-0.39, 0.29) is 30.1 Å². The highest BCUT2D eigenvalue weighted by Crippen LogP contribution is 2.28. The van der Waals surface area contributed by atoms with E-state index >= 15 is 0 Å². The lowest BCUT2D eigenvalue weighted by Crippen LogP contribution is -2.17. The molecule has 0 bridgehead atoms. The van der Waals surface area contributed by atoms with E-state index in [0.29, 0.717) is 22.8 Å². The van der Waals surface area contributed by atoms with Crippen LogP contribution in [-0.4, -0.2) is 25.5 Å². The Labute approximate surface area is 180 Å². The van der Waals surface area contributed by atoms with Crippen LogP contribution in [-0.2, 0) is 24.1 Å². The van der Waals surface area contributed by atoms with Crippen LogP contribution in [0.5, 0.6) is 0 Å². The highest BCUT2D eigenvalue weighted by molar-refractivity contribution is 6.31. The average Bonchev–Trinajstić information content (AvgIpc) is 3.18. The van der Waals surface area contributed by atoms with Crippen molar-refractivity contribution in [2.75, 3.05) is 5.32 Å². The third-order valence-corrected chi connectivity index (χ3v) is 5.19. The molecule has 2 heterocycles. The highest BCUT2D eigenvalue weighted by atomic mass is 35.5. The molecule has 0 saturated heterocycles. The molecule has 0 atom stereocenters. The third kappa shape index (κ3) is 5.07. The molecule has 166 valence electrons. The monoisotopic (exact) mass is 457 g/mol. The average molecular weight is 458 g/mol. The standard InChI is InChI=1S/C20H20ClF4N5O/c1-11-9-17(20(23,24)25)28-29(11)8-7-18(31)26-19-12(2)27-30(13(19)3)10-14-15(21)5-4-6-16(14)22/h4-6,9H,7-8,10H2,1-3H3,(H,26,31). The van der Waals surface area contributed by atoms with Crippen molar-refractivity contribution < 1.29 is 22.4 Å². The van der Waals surface area contributed by atoms with Crippen LogP contribution in [0.2, 0.25) is 5.02 Å². The quantitative estimate of drug-likeness (QED) is 0.536. The summed E-state index contributed by atoms with van der Waals surface area (Å²) in [6.07, 6.45) is -4.62. The number of aromatic nitrogens is 4. The predicted octanol–water partition coefficient (Wildman–Crippen LogP) is 4.89. The molecule has 2 aromatic heterocycles. The van der Waals surface area contributed by atoms with Crippen LogP contribution in [0.3, 0.4) is 0 Å². The zero-order valence-electron chi connectivity index (χ0n) is 17.0. The van der Waals surface area contributed by atoms with E-state index in [9.17, 15) is 22.4 Å². The Balaban J connectivity index is 1.69. The van der Waals surface area contributed by atoms with Crippen LogP contribution in [0, 0.1) is 26.6 Å². The summed E-state index contributed by atoms with van der Waals surface area (Å²) in [5.74, 6) is -0.864. The van der Waals surface area contributed by atoms with Gasteiger partial charge >= 0.3 is 6.18 Å².